The molecule has 0 saturated carbocycles. The number of likely N-dealkylation sites (tertiary alicyclic amines) is 1. The highest BCUT2D eigenvalue weighted by molar-refractivity contribution is 7.09. The number of rotatable bonds is 5. The van der Waals surface area contributed by atoms with Crippen molar-refractivity contribution in [3.05, 3.63) is 16.1 Å². The zero-order valence-electron chi connectivity index (χ0n) is 18.0. The number of nitrogens with one attached hydrogen (secondary N) is 2. The van der Waals surface area contributed by atoms with E-state index in [1.807, 2.05) is 25.7 Å². The van der Waals surface area contributed by atoms with Crippen LogP contribution >= 0.6 is 11.3 Å². The number of amides is 1. The molecule has 1 amide bonds. The van der Waals surface area contributed by atoms with Gasteiger partial charge in [0.05, 0.1) is 12.2 Å². The minimum absolute atomic E-state index is 0.218. The van der Waals surface area contributed by atoms with Crippen LogP contribution in [-0.4, -0.2) is 54.2 Å². The van der Waals surface area contributed by atoms with Crippen LogP contribution in [0.25, 0.3) is 0 Å². The molecule has 1 unspecified atom stereocenters. The fourth-order valence-electron chi connectivity index (χ4n) is 3.02. The molecule has 158 valence electrons. The Bertz CT molecular complexity index is 666. The van der Waals surface area contributed by atoms with Gasteiger partial charge in [0.1, 0.15) is 10.6 Å². The largest absolute Gasteiger partial charge is 0.444 e. The number of ether oxygens (including phenoxy) is 1. The first-order valence-electron chi connectivity index (χ1n) is 10.0. The summed E-state index contributed by atoms with van der Waals surface area (Å²) in [6.45, 7) is 12.9. The molecule has 2 N–H and O–H groups in total. The normalized spacial score (nSPS) is 18.3. The molecule has 1 atom stereocenters. The minimum Gasteiger partial charge on any atom is -0.444 e. The van der Waals surface area contributed by atoms with E-state index in [9.17, 15) is 4.79 Å². The van der Waals surface area contributed by atoms with E-state index in [2.05, 4.69) is 39.8 Å². The molecule has 1 fully saturated rings. The van der Waals surface area contributed by atoms with Crippen LogP contribution in [0.4, 0.5) is 4.79 Å². The van der Waals surface area contributed by atoms with Crippen molar-refractivity contribution in [1.82, 2.24) is 20.5 Å². The third kappa shape index (κ3) is 7.30. The zero-order valence-corrected chi connectivity index (χ0v) is 18.9. The summed E-state index contributed by atoms with van der Waals surface area (Å²) < 4.78 is 5.50. The number of piperidine rings is 1. The quantitative estimate of drug-likeness (QED) is 0.574. The molecule has 1 saturated heterocycles. The second-order valence-corrected chi connectivity index (χ2v) is 9.50. The number of aromatic nitrogens is 1. The first kappa shape index (κ1) is 22.5. The van der Waals surface area contributed by atoms with Crippen molar-refractivity contribution in [1.29, 1.82) is 0 Å². The molecule has 28 heavy (non-hydrogen) atoms. The molecule has 8 heteroatoms. The Hall–Kier alpha value is -1.83. The summed E-state index contributed by atoms with van der Waals surface area (Å²) in [6, 6.07) is 0. The van der Waals surface area contributed by atoms with Crippen molar-refractivity contribution >= 4 is 23.4 Å². The first-order valence-corrected chi connectivity index (χ1v) is 10.9. The van der Waals surface area contributed by atoms with E-state index in [0.717, 1.165) is 42.6 Å². The Kier molecular flexibility index (Phi) is 8.10. The number of nitrogens with zero attached hydrogens (tertiary/aromatic N) is 3. The number of carbonyl (C=O) groups is 1. The van der Waals surface area contributed by atoms with E-state index in [1.54, 1.807) is 18.4 Å². The Labute approximate surface area is 173 Å². The minimum atomic E-state index is -0.459. The van der Waals surface area contributed by atoms with Gasteiger partial charge in [-0.3, -0.25) is 4.99 Å². The number of carbonyl (C=O) groups excluding carboxylic acids is 1. The molecular formula is C20H35N5O2S. The Morgan fingerprint density at radius 1 is 1.43 bits per heavy atom. The van der Waals surface area contributed by atoms with E-state index in [0.29, 0.717) is 24.9 Å². The van der Waals surface area contributed by atoms with E-state index < -0.39 is 5.60 Å². The van der Waals surface area contributed by atoms with Crippen LogP contribution in [0, 0.1) is 5.92 Å². The average molecular weight is 410 g/mol. The summed E-state index contributed by atoms with van der Waals surface area (Å²) in [6.07, 6.45) is 1.87. The number of aliphatic imine (C=N–C) groups is 1. The molecular weight excluding hydrogens is 374 g/mol. The molecule has 1 aliphatic rings. The van der Waals surface area contributed by atoms with Crippen molar-refractivity contribution in [3.8, 4) is 0 Å². The summed E-state index contributed by atoms with van der Waals surface area (Å²) in [4.78, 5) is 23.1. The number of hydrogen-bond donors (Lipinski definition) is 2. The summed E-state index contributed by atoms with van der Waals surface area (Å²) in [5.74, 6) is 1.59. The van der Waals surface area contributed by atoms with Gasteiger partial charge in [-0.1, -0.05) is 13.8 Å². The zero-order chi connectivity index (χ0) is 20.7. The van der Waals surface area contributed by atoms with Gasteiger partial charge < -0.3 is 20.3 Å². The fraction of sp³-hybridized carbons (Fsp3) is 0.750. The lowest BCUT2D eigenvalue weighted by Gasteiger charge is -2.34. The van der Waals surface area contributed by atoms with Crippen LogP contribution in [0.15, 0.2) is 10.4 Å². The van der Waals surface area contributed by atoms with Gasteiger partial charge in [0.2, 0.25) is 0 Å². The highest BCUT2D eigenvalue weighted by Gasteiger charge is 2.27. The van der Waals surface area contributed by atoms with Gasteiger partial charge in [-0.15, -0.1) is 11.3 Å². The molecule has 2 rings (SSSR count). The summed E-state index contributed by atoms with van der Waals surface area (Å²) in [7, 11) is 1.77. The van der Waals surface area contributed by atoms with Crippen LogP contribution in [0.5, 0.6) is 0 Å². The van der Waals surface area contributed by atoms with Crippen molar-refractivity contribution in [3.63, 3.8) is 0 Å². The van der Waals surface area contributed by atoms with Crippen LogP contribution in [0.1, 0.15) is 64.1 Å². The van der Waals surface area contributed by atoms with Crippen molar-refractivity contribution in [2.24, 2.45) is 10.9 Å². The molecule has 0 bridgehead atoms. The van der Waals surface area contributed by atoms with Crippen LogP contribution in [0.3, 0.4) is 0 Å². The first-order chi connectivity index (χ1) is 13.2. The lowest BCUT2D eigenvalue weighted by molar-refractivity contribution is 0.0168. The fourth-order valence-corrected chi connectivity index (χ4v) is 3.91. The van der Waals surface area contributed by atoms with E-state index >= 15 is 0 Å². The molecule has 0 aliphatic carbocycles. The molecule has 0 radical (unpaired) electrons. The molecule has 0 aromatic carbocycles. The van der Waals surface area contributed by atoms with Crippen LogP contribution in [-0.2, 0) is 11.3 Å². The van der Waals surface area contributed by atoms with Crippen LogP contribution in [0.2, 0.25) is 0 Å². The third-order valence-electron chi connectivity index (χ3n) is 4.52. The van der Waals surface area contributed by atoms with Crippen molar-refractivity contribution in [2.45, 2.75) is 65.5 Å². The molecule has 1 aromatic heterocycles. The average Bonchev–Trinajstić information content (AvgIpc) is 3.10. The smallest absolute Gasteiger partial charge is 0.410 e. The SMILES string of the molecule is CN=C(NCc1nc(C(C)C)cs1)NCC1CCCN(C(=O)OC(C)(C)C)C1. The molecule has 0 spiro atoms. The van der Waals surface area contributed by atoms with Gasteiger partial charge in [0.15, 0.2) is 5.96 Å². The van der Waals surface area contributed by atoms with E-state index in [4.69, 9.17) is 4.74 Å². The van der Waals surface area contributed by atoms with Gasteiger partial charge in [-0.2, -0.15) is 0 Å². The summed E-state index contributed by atoms with van der Waals surface area (Å²) in [5.41, 5.74) is 0.675. The lowest BCUT2D eigenvalue weighted by atomic mass is 9.98. The molecule has 1 aliphatic heterocycles. The maximum Gasteiger partial charge on any atom is 0.410 e. The monoisotopic (exact) mass is 409 g/mol. The lowest BCUT2D eigenvalue weighted by Crippen LogP contribution is -2.47. The van der Waals surface area contributed by atoms with Crippen molar-refractivity contribution in [2.75, 3.05) is 26.7 Å². The predicted molar refractivity (Wildman–Crippen MR) is 115 cm³/mol. The summed E-state index contributed by atoms with van der Waals surface area (Å²) in [5, 5.41) is 9.88. The van der Waals surface area contributed by atoms with Gasteiger partial charge >= 0.3 is 6.09 Å². The second-order valence-electron chi connectivity index (χ2n) is 8.56. The van der Waals surface area contributed by atoms with Gasteiger partial charge in [0, 0.05) is 32.1 Å². The predicted octanol–water partition coefficient (Wildman–Crippen LogP) is 3.58. The molecule has 7 nitrogen and oxygen atoms in total. The highest BCUT2D eigenvalue weighted by Crippen LogP contribution is 2.19. The topological polar surface area (TPSA) is 78.9 Å². The van der Waals surface area contributed by atoms with Gasteiger partial charge in [-0.25, -0.2) is 9.78 Å². The van der Waals surface area contributed by atoms with E-state index in [-0.39, 0.29) is 6.09 Å². The summed E-state index contributed by atoms with van der Waals surface area (Å²) >= 11 is 1.67. The van der Waals surface area contributed by atoms with Crippen molar-refractivity contribution < 1.29 is 9.53 Å². The van der Waals surface area contributed by atoms with Gasteiger partial charge in [0.25, 0.3) is 0 Å². The number of guanidine groups is 1. The standard InChI is InChI=1S/C20H35N5O2S/c1-14(2)16-13-28-17(24-16)11-23-18(21-6)22-10-15-8-7-9-25(12-15)19(26)27-20(3,4)5/h13-15H,7-12H2,1-6H3,(H2,21,22,23). The Morgan fingerprint density at radius 3 is 2.79 bits per heavy atom. The van der Waals surface area contributed by atoms with E-state index in [1.165, 1.54) is 0 Å². The Morgan fingerprint density at radius 2 is 2.18 bits per heavy atom. The number of hydrogen-bond acceptors (Lipinski definition) is 5. The maximum absolute atomic E-state index is 12.3. The molecule has 1 aromatic rings. The Balaban J connectivity index is 1.78. The third-order valence-corrected chi connectivity index (χ3v) is 5.39. The highest BCUT2D eigenvalue weighted by atomic mass is 32.1. The maximum atomic E-state index is 12.3. The number of thiazole rings is 1. The second kappa shape index (κ2) is 10.1. The molecule has 2 heterocycles. The van der Waals surface area contributed by atoms with Crippen LogP contribution < -0.4 is 10.6 Å². The van der Waals surface area contributed by atoms with Gasteiger partial charge in [-0.05, 0) is 45.4 Å².